The Bertz CT molecular complexity index is 700. The van der Waals surface area contributed by atoms with Crippen LogP contribution in [-0.2, 0) is 5.75 Å². The number of hydrogen-bond donors (Lipinski definition) is 0. The van der Waals surface area contributed by atoms with E-state index in [1.165, 1.54) is 0 Å². The molecule has 3 aromatic rings. The van der Waals surface area contributed by atoms with E-state index in [1.54, 1.807) is 24.2 Å². The molecule has 0 radical (unpaired) electrons. The molecule has 5 heteroatoms. The molecule has 0 atom stereocenters. The van der Waals surface area contributed by atoms with E-state index >= 15 is 0 Å². The van der Waals surface area contributed by atoms with Gasteiger partial charge in [-0.3, -0.25) is 0 Å². The molecule has 0 saturated heterocycles. The monoisotopic (exact) mass is 268 g/mol. The molecule has 0 unspecified atom stereocenters. The molecule has 1 aromatic carbocycles. The number of aryl methyl sites for hydroxylation is 1. The zero-order chi connectivity index (χ0) is 13.1. The van der Waals surface area contributed by atoms with E-state index in [9.17, 15) is 0 Å². The number of nitrogens with zero attached hydrogens (tertiary/aromatic N) is 4. The summed E-state index contributed by atoms with van der Waals surface area (Å²) in [7, 11) is 0. The third-order valence-corrected chi connectivity index (χ3v) is 3.61. The summed E-state index contributed by atoms with van der Waals surface area (Å²) in [6.45, 7) is 1.99. The van der Waals surface area contributed by atoms with Gasteiger partial charge in [0.1, 0.15) is 0 Å². The summed E-state index contributed by atoms with van der Waals surface area (Å²) in [5.74, 6) is 0.730. The molecule has 0 aliphatic rings. The van der Waals surface area contributed by atoms with Gasteiger partial charge in [-0.1, -0.05) is 23.9 Å². The summed E-state index contributed by atoms with van der Waals surface area (Å²) in [4.78, 5) is 17.6. The lowest BCUT2D eigenvalue weighted by molar-refractivity contribution is 0.963. The predicted octanol–water partition coefficient (Wildman–Crippen LogP) is 3.02. The van der Waals surface area contributed by atoms with Crippen LogP contribution < -0.4 is 0 Å². The Kier molecular flexibility index (Phi) is 3.37. The summed E-state index contributed by atoms with van der Waals surface area (Å²) in [5.41, 5.74) is 3.81. The van der Waals surface area contributed by atoms with Crippen molar-refractivity contribution in [2.24, 2.45) is 0 Å². The Morgan fingerprint density at radius 3 is 2.37 bits per heavy atom. The molecule has 0 bridgehead atoms. The fourth-order valence-electron chi connectivity index (χ4n) is 1.75. The highest BCUT2D eigenvalue weighted by Gasteiger charge is 2.06. The van der Waals surface area contributed by atoms with E-state index < -0.39 is 0 Å². The molecule has 2 heterocycles. The topological polar surface area (TPSA) is 51.6 Å². The zero-order valence-corrected chi connectivity index (χ0v) is 11.3. The molecular weight excluding hydrogens is 256 g/mol. The Morgan fingerprint density at radius 1 is 0.947 bits per heavy atom. The average Bonchev–Trinajstić information content (AvgIpc) is 2.46. The summed E-state index contributed by atoms with van der Waals surface area (Å²) < 4.78 is 0. The van der Waals surface area contributed by atoms with Crippen molar-refractivity contribution in [3.8, 4) is 0 Å². The largest absolute Gasteiger partial charge is 0.250 e. The zero-order valence-electron chi connectivity index (χ0n) is 10.4. The minimum Gasteiger partial charge on any atom is -0.250 e. The Labute approximate surface area is 115 Å². The standard InChI is InChI=1S/C14H12N4S/c1-10-13(9-19-14-15-7-4-8-16-14)18-12-6-3-2-5-11(12)17-10/h2-8H,9H2,1H3. The molecule has 0 fully saturated rings. The van der Waals surface area contributed by atoms with Crippen LogP contribution in [0.2, 0.25) is 0 Å². The lowest BCUT2D eigenvalue weighted by Gasteiger charge is -2.05. The minimum absolute atomic E-state index is 0.730. The van der Waals surface area contributed by atoms with Crippen LogP contribution in [0.1, 0.15) is 11.4 Å². The first kappa shape index (κ1) is 12.0. The lowest BCUT2D eigenvalue weighted by Crippen LogP contribution is -1.97. The Morgan fingerprint density at radius 2 is 1.63 bits per heavy atom. The third-order valence-electron chi connectivity index (χ3n) is 2.72. The molecule has 4 nitrogen and oxygen atoms in total. The van der Waals surface area contributed by atoms with Gasteiger partial charge in [0.25, 0.3) is 0 Å². The van der Waals surface area contributed by atoms with Gasteiger partial charge in [-0.2, -0.15) is 0 Å². The minimum atomic E-state index is 0.730. The fourth-order valence-corrected chi connectivity index (χ4v) is 2.56. The van der Waals surface area contributed by atoms with Crippen molar-refractivity contribution in [2.45, 2.75) is 17.8 Å². The molecule has 0 aliphatic carbocycles. The number of thioether (sulfide) groups is 1. The van der Waals surface area contributed by atoms with Crippen molar-refractivity contribution in [1.82, 2.24) is 19.9 Å². The second-order valence-electron chi connectivity index (χ2n) is 4.06. The average molecular weight is 268 g/mol. The van der Waals surface area contributed by atoms with Crippen molar-refractivity contribution >= 4 is 22.8 Å². The van der Waals surface area contributed by atoms with Crippen molar-refractivity contribution in [2.75, 3.05) is 0 Å². The second-order valence-corrected chi connectivity index (χ2v) is 5.01. The number of fused-ring (bicyclic) bond motifs is 1. The summed E-state index contributed by atoms with van der Waals surface area (Å²) in [6.07, 6.45) is 3.49. The van der Waals surface area contributed by atoms with Crippen molar-refractivity contribution in [3.05, 3.63) is 54.1 Å². The number of aromatic nitrogens is 4. The van der Waals surface area contributed by atoms with Gasteiger partial charge in [-0.25, -0.2) is 19.9 Å². The van der Waals surface area contributed by atoms with Gasteiger partial charge in [0.05, 0.1) is 22.4 Å². The maximum Gasteiger partial charge on any atom is 0.187 e. The van der Waals surface area contributed by atoms with Crippen LogP contribution in [0.25, 0.3) is 11.0 Å². The maximum atomic E-state index is 4.65. The van der Waals surface area contributed by atoms with Crippen molar-refractivity contribution in [3.63, 3.8) is 0 Å². The van der Waals surface area contributed by atoms with Crippen molar-refractivity contribution < 1.29 is 0 Å². The van der Waals surface area contributed by atoms with Crippen LogP contribution in [0.4, 0.5) is 0 Å². The normalized spacial score (nSPS) is 10.8. The molecular formula is C14H12N4S. The highest BCUT2D eigenvalue weighted by molar-refractivity contribution is 7.98. The van der Waals surface area contributed by atoms with E-state index in [2.05, 4.69) is 19.9 Å². The highest BCUT2D eigenvalue weighted by atomic mass is 32.2. The van der Waals surface area contributed by atoms with Gasteiger partial charge < -0.3 is 0 Å². The van der Waals surface area contributed by atoms with Gasteiger partial charge in [-0.15, -0.1) is 0 Å². The van der Waals surface area contributed by atoms with Crippen LogP contribution in [0.3, 0.4) is 0 Å². The molecule has 94 valence electrons. The number of benzene rings is 1. The number of rotatable bonds is 3. The van der Waals surface area contributed by atoms with Gasteiger partial charge in [0.15, 0.2) is 5.16 Å². The fraction of sp³-hybridized carbons (Fsp3) is 0.143. The van der Waals surface area contributed by atoms with Crippen LogP contribution in [0.15, 0.2) is 47.9 Å². The van der Waals surface area contributed by atoms with E-state index in [-0.39, 0.29) is 0 Å². The van der Waals surface area contributed by atoms with Crippen LogP contribution >= 0.6 is 11.8 Å². The first-order valence-corrected chi connectivity index (χ1v) is 6.93. The Hall–Kier alpha value is -2.01. The van der Waals surface area contributed by atoms with Gasteiger partial charge >= 0.3 is 0 Å². The van der Waals surface area contributed by atoms with E-state index in [4.69, 9.17) is 0 Å². The van der Waals surface area contributed by atoms with E-state index in [0.717, 1.165) is 33.3 Å². The lowest BCUT2D eigenvalue weighted by atomic mass is 10.2. The SMILES string of the molecule is Cc1nc2ccccc2nc1CSc1ncccn1. The first-order chi connectivity index (χ1) is 9.33. The van der Waals surface area contributed by atoms with E-state index in [1.807, 2.05) is 37.3 Å². The molecule has 0 N–H and O–H groups in total. The van der Waals surface area contributed by atoms with E-state index in [0.29, 0.717) is 0 Å². The molecule has 0 spiro atoms. The molecule has 3 rings (SSSR count). The summed E-state index contributed by atoms with van der Waals surface area (Å²) >= 11 is 1.57. The second kappa shape index (κ2) is 5.32. The summed E-state index contributed by atoms with van der Waals surface area (Å²) in [5, 5.41) is 0.761. The maximum absolute atomic E-state index is 4.65. The quantitative estimate of drug-likeness (QED) is 0.540. The van der Waals surface area contributed by atoms with Crippen LogP contribution in [-0.4, -0.2) is 19.9 Å². The Balaban J connectivity index is 1.86. The first-order valence-electron chi connectivity index (χ1n) is 5.95. The number of hydrogen-bond acceptors (Lipinski definition) is 5. The molecule has 0 amide bonds. The molecule has 2 aromatic heterocycles. The highest BCUT2D eigenvalue weighted by Crippen LogP contribution is 2.20. The smallest absolute Gasteiger partial charge is 0.187 e. The number of para-hydroxylation sites is 2. The van der Waals surface area contributed by atoms with Gasteiger partial charge in [-0.05, 0) is 25.1 Å². The van der Waals surface area contributed by atoms with Crippen molar-refractivity contribution in [1.29, 1.82) is 0 Å². The van der Waals surface area contributed by atoms with Gasteiger partial charge in [0.2, 0.25) is 0 Å². The van der Waals surface area contributed by atoms with Crippen LogP contribution in [0, 0.1) is 6.92 Å². The molecule has 0 saturated carbocycles. The molecule has 0 aliphatic heterocycles. The van der Waals surface area contributed by atoms with Gasteiger partial charge in [0, 0.05) is 18.1 Å². The predicted molar refractivity (Wildman–Crippen MR) is 75.9 cm³/mol. The third kappa shape index (κ3) is 2.71. The van der Waals surface area contributed by atoms with Crippen LogP contribution in [0.5, 0.6) is 0 Å². The summed E-state index contributed by atoms with van der Waals surface area (Å²) in [6, 6.07) is 9.72. The molecule has 19 heavy (non-hydrogen) atoms.